The molecule has 1 unspecified atom stereocenters. The number of carbonyl (C=O) groups excluding carboxylic acids is 2. The third-order valence-electron chi connectivity index (χ3n) is 11.7. The Kier molecular flexibility index (Phi) is 12.2. The number of methoxy groups -OCH3 is 2. The number of nitrogens with zero attached hydrogens (tertiary/aromatic N) is 1. The number of hydrogen-bond acceptors (Lipinski definition) is 14. The molecule has 2 aromatic carbocycles. The number of phenols is 1. The lowest BCUT2D eigenvalue weighted by molar-refractivity contribution is -0.181. The van der Waals surface area contributed by atoms with Crippen molar-refractivity contribution in [2.75, 3.05) is 19.5 Å². The van der Waals surface area contributed by atoms with E-state index in [1.54, 1.807) is 64.1 Å². The van der Waals surface area contributed by atoms with Crippen molar-refractivity contribution in [1.82, 2.24) is 4.98 Å². The Balaban J connectivity index is 1.59. The van der Waals surface area contributed by atoms with Gasteiger partial charge >= 0.3 is 5.97 Å². The number of ether oxygens (including phenoxy) is 5. The monoisotopic (exact) mass is 816 g/mol. The zero-order chi connectivity index (χ0) is 43.2. The highest BCUT2D eigenvalue weighted by molar-refractivity contribution is 6.12. The van der Waals surface area contributed by atoms with Crippen LogP contribution in [0.15, 0.2) is 63.6 Å². The number of aliphatic hydroxyl groups is 3. The predicted octanol–water partition coefficient (Wildman–Crippen LogP) is 5.81. The minimum absolute atomic E-state index is 0.0259. The molecule has 5 N–H and O–H groups in total. The minimum Gasteiger partial charge on any atom is -0.507 e. The molecule has 15 nitrogen and oxygen atoms in total. The molecule has 2 aromatic rings. The molecule has 0 fully saturated rings. The third kappa shape index (κ3) is 7.75. The van der Waals surface area contributed by atoms with Gasteiger partial charge in [-0.25, -0.2) is 4.98 Å². The van der Waals surface area contributed by atoms with Crippen LogP contribution in [0.1, 0.15) is 65.7 Å². The summed E-state index contributed by atoms with van der Waals surface area (Å²) in [7, 11) is 2.94. The molecule has 316 valence electrons. The minimum atomic E-state index is -1.83. The van der Waals surface area contributed by atoms with Gasteiger partial charge in [0, 0.05) is 72.8 Å². The third-order valence-corrected chi connectivity index (χ3v) is 11.7. The van der Waals surface area contributed by atoms with Crippen LogP contribution >= 0.6 is 0 Å². The average molecular weight is 817 g/mol. The zero-order valence-electron chi connectivity index (χ0n) is 34.7. The van der Waals surface area contributed by atoms with Crippen LogP contribution in [0.3, 0.4) is 0 Å². The number of aromatic hydroxyl groups is 1. The normalized spacial score (nSPS) is 31.3. The average Bonchev–Trinajstić information content (AvgIpc) is 3.47. The molecule has 5 bridgehead atoms. The predicted molar refractivity (Wildman–Crippen MR) is 218 cm³/mol. The molecule has 0 saturated heterocycles. The highest BCUT2D eigenvalue weighted by Gasteiger charge is 2.50. The number of carbonyl (C=O) groups is 2. The summed E-state index contributed by atoms with van der Waals surface area (Å²) in [5.41, 5.74) is -0.130. The van der Waals surface area contributed by atoms with Crippen LogP contribution in [0.2, 0.25) is 0 Å². The number of esters is 1. The number of aliphatic hydroxyl groups excluding tert-OH is 3. The van der Waals surface area contributed by atoms with E-state index in [4.69, 9.17) is 33.1 Å². The van der Waals surface area contributed by atoms with E-state index in [1.165, 1.54) is 54.3 Å². The van der Waals surface area contributed by atoms with Gasteiger partial charge in [-0.15, -0.1) is 0 Å². The maximum Gasteiger partial charge on any atom is 0.302 e. The summed E-state index contributed by atoms with van der Waals surface area (Å²) < 4.78 is 35.7. The van der Waals surface area contributed by atoms with Gasteiger partial charge in [-0.3, -0.25) is 14.4 Å². The van der Waals surface area contributed by atoms with Gasteiger partial charge in [0.1, 0.15) is 40.3 Å². The van der Waals surface area contributed by atoms with E-state index in [-0.39, 0.29) is 55.9 Å². The summed E-state index contributed by atoms with van der Waals surface area (Å²) in [6.07, 6.45) is 2.19. The van der Waals surface area contributed by atoms with Crippen LogP contribution in [-0.2, 0) is 23.8 Å². The maximum absolute atomic E-state index is 14.6. The lowest BCUT2D eigenvalue weighted by Gasteiger charge is -2.38. The molecule has 15 heteroatoms. The molecule has 1 amide bonds. The number of rotatable bonds is 3. The quantitative estimate of drug-likeness (QED) is 0.0938. The number of aromatic nitrogens is 1. The van der Waals surface area contributed by atoms with Gasteiger partial charge < -0.3 is 53.8 Å². The molecule has 4 aliphatic heterocycles. The van der Waals surface area contributed by atoms with E-state index in [0.717, 1.165) is 0 Å². The molecule has 0 spiro atoms. The summed E-state index contributed by atoms with van der Waals surface area (Å²) in [4.78, 5) is 45.6. The van der Waals surface area contributed by atoms with Crippen molar-refractivity contribution in [2.45, 2.75) is 91.7 Å². The molecule has 4 heterocycles. The first-order chi connectivity index (χ1) is 27.8. The molecular weight excluding hydrogens is 764 g/mol. The van der Waals surface area contributed by atoms with Gasteiger partial charge in [0.05, 0.1) is 37.1 Å². The van der Waals surface area contributed by atoms with Gasteiger partial charge in [0.2, 0.25) is 5.43 Å². The Morgan fingerprint density at radius 3 is 2.34 bits per heavy atom. The Labute approximate surface area is 341 Å². The lowest BCUT2D eigenvalue weighted by Crippen LogP contribution is -2.46. The Morgan fingerprint density at radius 1 is 0.966 bits per heavy atom. The van der Waals surface area contributed by atoms with E-state index >= 15 is 0 Å². The molecule has 10 atom stereocenters. The van der Waals surface area contributed by atoms with Crippen molar-refractivity contribution in [3.05, 3.63) is 75.7 Å². The first kappa shape index (κ1) is 43.1. The number of phenolic OH excluding ortho intramolecular Hbond substituents is 1. The molecule has 7 rings (SSSR count). The molecular formula is C44H52N2O13. The van der Waals surface area contributed by atoms with Crippen LogP contribution in [0.5, 0.6) is 17.2 Å². The van der Waals surface area contributed by atoms with E-state index < -0.39 is 83.0 Å². The molecule has 1 aliphatic carbocycles. The second-order valence-electron chi connectivity index (χ2n) is 15.7. The SMILES string of the molecule is COc1ccc2nc3c4c5c6c(C)c(O)c4c(=O)c(c-3oc2c1)NC(=O)/C(C)=C\C=C\[C@H](C)[C@H](O)[C@@H](C)[C@@H](O)[C@@H](C)[C@H](OC(C)=O)[C@H](C)[C@@H](OC)/C=C/O[C@@](C)(O6)C5O. The molecule has 0 saturated carbocycles. The maximum atomic E-state index is 14.6. The topological polar surface area (TPSA) is 216 Å². The standard InChI is InChI=1S/C44H52N2O13/c1-19-12-11-13-20(2)43(53)46-34-38(51)31-30(33-41(34)58-29-18-26(54-9)14-15-27(29)45-33)32-40(24(6)37(31)50)59-44(8,42(32)52)56-17-16-28(55-10)21(3)39(57-25(7)47)23(5)36(49)22(4)35(19)48/h11-19,21-23,28,35-36,39,42,48-50,52H,1-10H3,(H,46,53)/b12-11+,17-16+,20-13-/t19-,21+,22+,23+,28-,35-,36+,39+,42?,44-/m0/s1. The number of benzene rings is 3. The van der Waals surface area contributed by atoms with Gasteiger partial charge in [-0.2, -0.15) is 0 Å². The van der Waals surface area contributed by atoms with Crippen LogP contribution in [0.4, 0.5) is 5.69 Å². The highest BCUT2D eigenvalue weighted by atomic mass is 16.7. The molecule has 0 aromatic heterocycles. The molecule has 59 heavy (non-hydrogen) atoms. The summed E-state index contributed by atoms with van der Waals surface area (Å²) in [6, 6.07) is 4.88. The highest BCUT2D eigenvalue weighted by Crippen LogP contribution is 2.54. The Bertz CT molecular complexity index is 2400. The van der Waals surface area contributed by atoms with Gasteiger partial charge in [-0.05, 0) is 32.1 Å². The molecule has 0 radical (unpaired) electrons. The van der Waals surface area contributed by atoms with E-state index in [1.807, 2.05) is 0 Å². The smallest absolute Gasteiger partial charge is 0.302 e. The fourth-order valence-corrected chi connectivity index (χ4v) is 8.06. The summed E-state index contributed by atoms with van der Waals surface area (Å²) in [5, 5.41) is 49.2. The van der Waals surface area contributed by atoms with Crippen molar-refractivity contribution in [1.29, 1.82) is 0 Å². The number of allylic oxidation sites excluding steroid dienone is 2. The van der Waals surface area contributed by atoms with Crippen LogP contribution in [0, 0.1) is 30.6 Å². The first-order valence-corrected chi connectivity index (χ1v) is 19.4. The second kappa shape index (κ2) is 16.6. The van der Waals surface area contributed by atoms with E-state index in [2.05, 4.69) is 5.32 Å². The van der Waals surface area contributed by atoms with Crippen LogP contribution < -0.4 is 20.2 Å². The van der Waals surface area contributed by atoms with Crippen molar-refractivity contribution in [2.24, 2.45) is 23.7 Å². The van der Waals surface area contributed by atoms with E-state index in [0.29, 0.717) is 11.3 Å². The summed E-state index contributed by atoms with van der Waals surface area (Å²) in [5.74, 6) is -5.63. The van der Waals surface area contributed by atoms with Crippen molar-refractivity contribution < 1.29 is 58.1 Å². The number of amides is 1. The van der Waals surface area contributed by atoms with Gasteiger partial charge in [0.15, 0.2) is 17.4 Å². The van der Waals surface area contributed by atoms with Crippen LogP contribution in [0.25, 0.3) is 33.3 Å². The number of anilines is 1. The Morgan fingerprint density at radius 2 is 1.68 bits per heavy atom. The van der Waals surface area contributed by atoms with Crippen molar-refractivity contribution in [3.63, 3.8) is 0 Å². The number of fused-ring (bicyclic) bond motifs is 14. The lowest BCUT2D eigenvalue weighted by atomic mass is 9.78. The van der Waals surface area contributed by atoms with Crippen molar-refractivity contribution in [3.8, 4) is 28.7 Å². The van der Waals surface area contributed by atoms with Gasteiger partial charge in [-0.1, -0.05) is 45.9 Å². The van der Waals surface area contributed by atoms with Gasteiger partial charge in [0.25, 0.3) is 11.7 Å². The largest absolute Gasteiger partial charge is 0.507 e. The fourth-order valence-electron chi connectivity index (χ4n) is 8.06. The zero-order valence-corrected chi connectivity index (χ0v) is 34.7. The van der Waals surface area contributed by atoms with Crippen LogP contribution in [-0.4, -0.2) is 81.7 Å². The summed E-state index contributed by atoms with van der Waals surface area (Å²) in [6.45, 7) is 12.8. The van der Waals surface area contributed by atoms with Crippen molar-refractivity contribution >= 4 is 39.4 Å². The number of hydrogen-bond donors (Lipinski definition) is 5. The number of nitrogens with one attached hydrogen (secondary N) is 1. The Hall–Kier alpha value is -5.48. The molecule has 5 aliphatic rings. The van der Waals surface area contributed by atoms with E-state index in [9.17, 15) is 34.8 Å². The first-order valence-electron chi connectivity index (χ1n) is 19.4. The fraction of sp³-hybridized carbons (Fsp3) is 0.455. The second-order valence-corrected chi connectivity index (χ2v) is 15.7. The summed E-state index contributed by atoms with van der Waals surface area (Å²) >= 11 is 0.